The molecule has 4 heteroatoms. The lowest BCUT2D eigenvalue weighted by atomic mass is 10.2. The number of likely N-dealkylation sites (N-methyl/N-ethyl adjacent to an activating group) is 1. The largest absolute Gasteiger partial charge is 0.368 e. The average molecular weight is 159 g/mol. The van der Waals surface area contributed by atoms with Crippen molar-refractivity contribution in [1.82, 2.24) is 4.90 Å². The van der Waals surface area contributed by atoms with Gasteiger partial charge in [0.2, 0.25) is 5.91 Å². The van der Waals surface area contributed by atoms with Gasteiger partial charge >= 0.3 is 0 Å². The highest BCUT2D eigenvalue weighted by molar-refractivity contribution is 5.79. The van der Waals surface area contributed by atoms with Gasteiger partial charge < -0.3 is 11.5 Å². The van der Waals surface area contributed by atoms with E-state index in [1.165, 1.54) is 0 Å². The first-order valence-corrected chi connectivity index (χ1v) is 3.72. The molecule has 0 fully saturated rings. The highest BCUT2D eigenvalue weighted by Crippen LogP contribution is 1.99. The summed E-state index contributed by atoms with van der Waals surface area (Å²) >= 11 is 0. The van der Waals surface area contributed by atoms with Crippen molar-refractivity contribution in [3.63, 3.8) is 0 Å². The molecule has 0 heterocycles. The van der Waals surface area contributed by atoms with Gasteiger partial charge in [0.15, 0.2) is 0 Å². The van der Waals surface area contributed by atoms with Gasteiger partial charge in [-0.25, -0.2) is 0 Å². The van der Waals surface area contributed by atoms with E-state index in [4.69, 9.17) is 11.5 Å². The monoisotopic (exact) mass is 159 g/mol. The molecule has 0 aromatic carbocycles. The molecule has 0 aliphatic rings. The minimum absolute atomic E-state index is 0.192. The van der Waals surface area contributed by atoms with Crippen molar-refractivity contribution in [3.05, 3.63) is 0 Å². The second-order valence-electron chi connectivity index (χ2n) is 2.83. The summed E-state index contributed by atoms with van der Waals surface area (Å²) in [6, 6.07) is -0.0500. The lowest BCUT2D eigenvalue weighted by Gasteiger charge is -2.27. The lowest BCUT2D eigenvalue weighted by Crippen LogP contribution is -2.47. The second kappa shape index (κ2) is 4.31. The van der Waals surface area contributed by atoms with Crippen molar-refractivity contribution >= 4 is 5.91 Å². The molecule has 0 aromatic rings. The summed E-state index contributed by atoms with van der Waals surface area (Å²) in [6.45, 7) is 4.27. The van der Waals surface area contributed by atoms with Crippen LogP contribution in [-0.4, -0.2) is 36.5 Å². The van der Waals surface area contributed by atoms with Crippen LogP contribution in [0.15, 0.2) is 0 Å². The normalized spacial score (nSPS) is 16.5. The van der Waals surface area contributed by atoms with Crippen LogP contribution in [0.2, 0.25) is 0 Å². The van der Waals surface area contributed by atoms with Crippen LogP contribution in [0.1, 0.15) is 13.8 Å². The molecule has 0 bridgehead atoms. The summed E-state index contributed by atoms with van der Waals surface area (Å²) in [6.07, 6.45) is 0. The molecule has 0 aliphatic heterocycles. The van der Waals surface area contributed by atoms with Gasteiger partial charge in [0.05, 0.1) is 6.04 Å². The van der Waals surface area contributed by atoms with Crippen molar-refractivity contribution < 1.29 is 4.79 Å². The molecule has 2 unspecified atom stereocenters. The summed E-state index contributed by atoms with van der Waals surface area (Å²) < 4.78 is 0. The predicted octanol–water partition coefficient (Wildman–Crippen LogP) is -0.861. The molecule has 0 aromatic heterocycles. The van der Waals surface area contributed by atoms with E-state index < -0.39 is 0 Å². The van der Waals surface area contributed by atoms with E-state index in [1.54, 1.807) is 6.92 Å². The molecular weight excluding hydrogens is 142 g/mol. The van der Waals surface area contributed by atoms with Crippen LogP contribution in [0.25, 0.3) is 0 Å². The Hall–Kier alpha value is -0.610. The van der Waals surface area contributed by atoms with Gasteiger partial charge in [-0.05, 0) is 20.9 Å². The van der Waals surface area contributed by atoms with Crippen molar-refractivity contribution in [3.8, 4) is 0 Å². The van der Waals surface area contributed by atoms with Crippen molar-refractivity contribution in [2.75, 3.05) is 13.6 Å². The number of nitrogens with two attached hydrogens (primary N) is 2. The van der Waals surface area contributed by atoms with Gasteiger partial charge in [0, 0.05) is 12.6 Å². The van der Waals surface area contributed by atoms with E-state index in [0.29, 0.717) is 6.54 Å². The minimum atomic E-state index is -0.312. The molecule has 0 aliphatic carbocycles. The van der Waals surface area contributed by atoms with Gasteiger partial charge in [0.25, 0.3) is 0 Å². The maximum atomic E-state index is 10.7. The van der Waals surface area contributed by atoms with Crippen LogP contribution in [0, 0.1) is 0 Å². The number of hydrogen-bond donors (Lipinski definition) is 2. The quantitative estimate of drug-likeness (QED) is 0.560. The Morgan fingerprint density at radius 1 is 1.55 bits per heavy atom. The fourth-order valence-corrected chi connectivity index (χ4v) is 0.749. The Morgan fingerprint density at radius 3 is 2.27 bits per heavy atom. The number of hydrogen-bond acceptors (Lipinski definition) is 3. The van der Waals surface area contributed by atoms with Crippen LogP contribution in [0.4, 0.5) is 0 Å². The van der Waals surface area contributed by atoms with E-state index in [1.807, 2.05) is 18.9 Å². The van der Waals surface area contributed by atoms with Crippen LogP contribution in [0.3, 0.4) is 0 Å². The molecule has 4 N–H and O–H groups in total. The topological polar surface area (TPSA) is 72.3 Å². The predicted molar refractivity (Wildman–Crippen MR) is 44.9 cm³/mol. The van der Waals surface area contributed by atoms with E-state index in [0.717, 1.165) is 0 Å². The third-order valence-electron chi connectivity index (χ3n) is 2.06. The molecule has 0 spiro atoms. The van der Waals surface area contributed by atoms with Gasteiger partial charge in [-0.3, -0.25) is 9.69 Å². The average Bonchev–Trinajstić information content (AvgIpc) is 2.00. The first-order chi connectivity index (χ1) is 5.00. The van der Waals surface area contributed by atoms with E-state index in [9.17, 15) is 4.79 Å². The molecular formula is C7H17N3O. The fraction of sp³-hybridized carbons (Fsp3) is 0.857. The Kier molecular flexibility index (Phi) is 4.07. The molecule has 11 heavy (non-hydrogen) atoms. The smallest absolute Gasteiger partial charge is 0.234 e. The zero-order valence-electron chi connectivity index (χ0n) is 7.37. The molecule has 0 rings (SSSR count). The number of amides is 1. The summed E-state index contributed by atoms with van der Waals surface area (Å²) in [5.41, 5.74) is 10.5. The van der Waals surface area contributed by atoms with Crippen LogP contribution >= 0.6 is 0 Å². The molecule has 2 atom stereocenters. The van der Waals surface area contributed by atoms with Crippen molar-refractivity contribution in [1.29, 1.82) is 0 Å². The highest BCUT2D eigenvalue weighted by Gasteiger charge is 2.18. The summed E-state index contributed by atoms with van der Waals surface area (Å²) in [7, 11) is 1.84. The molecule has 0 radical (unpaired) electrons. The Balaban J connectivity index is 4.00. The molecule has 66 valence electrons. The standard InChI is InChI=1S/C7H17N3O/c1-5(4-8)10(3)6(2)7(9)11/h5-6H,4,8H2,1-3H3,(H2,9,11). The Labute approximate surface area is 67.5 Å². The zero-order chi connectivity index (χ0) is 9.02. The molecule has 1 amide bonds. The van der Waals surface area contributed by atoms with E-state index in [2.05, 4.69) is 0 Å². The zero-order valence-corrected chi connectivity index (χ0v) is 7.37. The Morgan fingerprint density at radius 2 is 2.00 bits per heavy atom. The molecule has 0 saturated carbocycles. The van der Waals surface area contributed by atoms with Crippen molar-refractivity contribution in [2.45, 2.75) is 25.9 Å². The van der Waals surface area contributed by atoms with Gasteiger partial charge in [-0.1, -0.05) is 0 Å². The maximum Gasteiger partial charge on any atom is 0.234 e. The third-order valence-corrected chi connectivity index (χ3v) is 2.06. The van der Waals surface area contributed by atoms with Crippen molar-refractivity contribution in [2.24, 2.45) is 11.5 Å². The minimum Gasteiger partial charge on any atom is -0.368 e. The second-order valence-corrected chi connectivity index (χ2v) is 2.83. The van der Waals surface area contributed by atoms with Crippen LogP contribution in [-0.2, 0) is 4.79 Å². The summed E-state index contributed by atoms with van der Waals surface area (Å²) in [5.74, 6) is -0.312. The van der Waals surface area contributed by atoms with Gasteiger partial charge in [0.1, 0.15) is 0 Å². The molecule has 0 saturated heterocycles. The van der Waals surface area contributed by atoms with Gasteiger partial charge in [-0.2, -0.15) is 0 Å². The first-order valence-electron chi connectivity index (χ1n) is 3.72. The maximum absolute atomic E-state index is 10.7. The van der Waals surface area contributed by atoms with E-state index in [-0.39, 0.29) is 18.0 Å². The Bertz CT molecular complexity index is 138. The number of primary amides is 1. The number of nitrogens with zero attached hydrogens (tertiary/aromatic N) is 1. The van der Waals surface area contributed by atoms with Crippen LogP contribution in [0.5, 0.6) is 0 Å². The third kappa shape index (κ3) is 2.86. The van der Waals surface area contributed by atoms with E-state index >= 15 is 0 Å². The first kappa shape index (κ1) is 10.4. The molecule has 4 nitrogen and oxygen atoms in total. The van der Waals surface area contributed by atoms with Gasteiger partial charge in [-0.15, -0.1) is 0 Å². The lowest BCUT2D eigenvalue weighted by molar-refractivity contribution is -0.122. The number of carbonyl (C=O) groups is 1. The fourth-order valence-electron chi connectivity index (χ4n) is 0.749. The summed E-state index contributed by atoms with van der Waals surface area (Å²) in [4.78, 5) is 12.6. The number of rotatable bonds is 4. The highest BCUT2D eigenvalue weighted by atomic mass is 16.1. The van der Waals surface area contributed by atoms with Crippen LogP contribution < -0.4 is 11.5 Å². The number of carbonyl (C=O) groups excluding carboxylic acids is 1. The SMILES string of the molecule is CC(CN)N(C)C(C)C(N)=O. The summed E-state index contributed by atoms with van der Waals surface area (Å²) in [5, 5.41) is 0.